The Kier molecular flexibility index (Phi) is 6.89. The molecule has 0 spiro atoms. The van der Waals surface area contributed by atoms with E-state index in [0.29, 0.717) is 11.3 Å². The Labute approximate surface area is 166 Å². The molecule has 0 bridgehead atoms. The van der Waals surface area contributed by atoms with Crippen LogP contribution in [0.3, 0.4) is 0 Å². The number of amides is 2. The first kappa shape index (κ1) is 22.3. The van der Waals surface area contributed by atoms with Gasteiger partial charge in [0.2, 0.25) is 5.91 Å². The molecule has 1 aromatic heterocycles. The van der Waals surface area contributed by atoms with Crippen molar-refractivity contribution < 1.29 is 27.5 Å². The molecule has 1 aromatic carbocycles. The van der Waals surface area contributed by atoms with Crippen LogP contribution in [0.4, 0.5) is 18.0 Å². The van der Waals surface area contributed by atoms with E-state index in [-0.39, 0.29) is 18.8 Å². The van der Waals surface area contributed by atoms with Crippen molar-refractivity contribution in [1.82, 2.24) is 20.0 Å². The van der Waals surface area contributed by atoms with Crippen molar-refractivity contribution in [2.45, 2.75) is 33.0 Å². The van der Waals surface area contributed by atoms with E-state index in [4.69, 9.17) is 4.74 Å². The third-order valence-corrected chi connectivity index (χ3v) is 4.27. The van der Waals surface area contributed by atoms with E-state index in [1.165, 1.54) is 30.1 Å². The van der Waals surface area contributed by atoms with E-state index in [1.54, 1.807) is 20.8 Å². The molecule has 0 aliphatic rings. The number of hydrogen-bond acceptors (Lipinski definition) is 4. The number of hydrogen-bond donors (Lipinski definition) is 1. The van der Waals surface area contributed by atoms with Crippen molar-refractivity contribution in [3.05, 3.63) is 47.3 Å². The molecule has 1 N–H and O–H groups in total. The van der Waals surface area contributed by atoms with E-state index in [1.807, 2.05) is 0 Å². The van der Waals surface area contributed by atoms with E-state index >= 15 is 0 Å². The largest absolute Gasteiger partial charge is 0.450 e. The van der Waals surface area contributed by atoms with Crippen molar-refractivity contribution in [2.24, 2.45) is 0 Å². The molecule has 0 fully saturated rings. The SMILES string of the molecule is CCOC(=O)N(C)CC(=O)N[C@H](C)c1cnn(-c2cccc(C(F)(F)F)c2)c1C. The van der Waals surface area contributed by atoms with E-state index in [9.17, 15) is 22.8 Å². The first-order valence-electron chi connectivity index (χ1n) is 8.94. The Hall–Kier alpha value is -3.04. The number of rotatable bonds is 6. The third-order valence-electron chi connectivity index (χ3n) is 4.27. The zero-order valence-electron chi connectivity index (χ0n) is 16.6. The van der Waals surface area contributed by atoms with Crippen LogP contribution in [0.2, 0.25) is 0 Å². The highest BCUT2D eigenvalue weighted by Gasteiger charge is 2.30. The average Bonchev–Trinajstić information content (AvgIpc) is 3.02. The maximum absolute atomic E-state index is 13.0. The van der Waals surface area contributed by atoms with E-state index in [0.717, 1.165) is 17.0 Å². The highest BCUT2D eigenvalue weighted by atomic mass is 19.4. The van der Waals surface area contributed by atoms with Crippen LogP contribution in [0, 0.1) is 6.92 Å². The summed E-state index contributed by atoms with van der Waals surface area (Å²) in [6.07, 6.45) is -3.56. The number of halogens is 3. The van der Waals surface area contributed by atoms with Gasteiger partial charge in [0.05, 0.1) is 30.1 Å². The number of benzene rings is 1. The molecule has 0 aliphatic carbocycles. The molecule has 0 saturated heterocycles. The van der Waals surface area contributed by atoms with Crippen LogP contribution in [0.5, 0.6) is 0 Å². The fraction of sp³-hybridized carbons (Fsp3) is 0.421. The van der Waals surface area contributed by atoms with Gasteiger partial charge in [-0.1, -0.05) is 6.07 Å². The molecule has 2 aromatic rings. The Morgan fingerprint density at radius 3 is 2.66 bits per heavy atom. The second kappa shape index (κ2) is 8.97. The average molecular weight is 412 g/mol. The van der Waals surface area contributed by atoms with Crippen LogP contribution in [-0.2, 0) is 15.7 Å². The molecule has 1 atom stereocenters. The van der Waals surface area contributed by atoms with Crippen LogP contribution in [0.15, 0.2) is 30.5 Å². The standard InChI is InChI=1S/C19H23F3N4O3/c1-5-29-18(28)25(4)11-17(27)24-12(2)16-10-23-26(13(16)3)15-8-6-7-14(9-15)19(20,21)22/h6-10,12H,5,11H2,1-4H3,(H,24,27)/t12-/m1/s1. The van der Waals surface area contributed by atoms with Gasteiger partial charge in [0.25, 0.3) is 0 Å². The topological polar surface area (TPSA) is 76.5 Å². The molecule has 0 unspecified atom stereocenters. The lowest BCUT2D eigenvalue weighted by Gasteiger charge is -2.19. The Balaban J connectivity index is 2.12. The van der Waals surface area contributed by atoms with Crippen LogP contribution < -0.4 is 5.32 Å². The molecular weight excluding hydrogens is 389 g/mol. The van der Waals surface area contributed by atoms with Gasteiger partial charge in [-0.05, 0) is 39.0 Å². The summed E-state index contributed by atoms with van der Waals surface area (Å²) in [7, 11) is 1.44. The van der Waals surface area contributed by atoms with Gasteiger partial charge in [-0.3, -0.25) is 4.79 Å². The molecule has 2 amide bonds. The number of ether oxygens (including phenoxy) is 1. The van der Waals surface area contributed by atoms with Gasteiger partial charge in [-0.25, -0.2) is 9.48 Å². The Bertz CT molecular complexity index is 880. The lowest BCUT2D eigenvalue weighted by atomic mass is 10.1. The summed E-state index contributed by atoms with van der Waals surface area (Å²) in [5.41, 5.74) is 0.740. The second-order valence-corrected chi connectivity index (χ2v) is 6.49. The molecule has 158 valence electrons. The molecule has 0 saturated carbocycles. The molecule has 29 heavy (non-hydrogen) atoms. The fourth-order valence-electron chi connectivity index (χ4n) is 2.80. The lowest BCUT2D eigenvalue weighted by Crippen LogP contribution is -2.39. The zero-order chi connectivity index (χ0) is 21.8. The summed E-state index contributed by atoms with van der Waals surface area (Å²) < 4.78 is 45.1. The smallest absolute Gasteiger partial charge is 0.416 e. The lowest BCUT2D eigenvalue weighted by molar-refractivity contribution is -0.137. The van der Waals surface area contributed by atoms with Crippen molar-refractivity contribution in [1.29, 1.82) is 0 Å². The molecular formula is C19H23F3N4O3. The van der Waals surface area contributed by atoms with Crippen molar-refractivity contribution in [2.75, 3.05) is 20.2 Å². The van der Waals surface area contributed by atoms with E-state index < -0.39 is 29.8 Å². The van der Waals surface area contributed by atoms with Crippen LogP contribution in [0.25, 0.3) is 5.69 Å². The van der Waals surface area contributed by atoms with Crippen molar-refractivity contribution >= 4 is 12.0 Å². The molecule has 2 rings (SSSR count). The highest BCUT2D eigenvalue weighted by molar-refractivity contribution is 5.82. The molecule has 10 heteroatoms. The van der Waals surface area contributed by atoms with E-state index in [2.05, 4.69) is 10.4 Å². The maximum Gasteiger partial charge on any atom is 0.416 e. The summed E-state index contributed by atoms with van der Waals surface area (Å²) in [6.45, 7) is 5.11. The maximum atomic E-state index is 13.0. The van der Waals surface area contributed by atoms with Gasteiger partial charge < -0.3 is 15.0 Å². The van der Waals surface area contributed by atoms with Crippen molar-refractivity contribution in [3.63, 3.8) is 0 Å². The first-order valence-corrected chi connectivity index (χ1v) is 8.94. The number of carbonyl (C=O) groups is 2. The molecule has 0 radical (unpaired) electrons. The third kappa shape index (κ3) is 5.49. The Morgan fingerprint density at radius 2 is 2.03 bits per heavy atom. The number of carbonyl (C=O) groups excluding carboxylic acids is 2. The number of nitrogens with zero attached hydrogens (tertiary/aromatic N) is 3. The van der Waals surface area contributed by atoms with Crippen LogP contribution in [-0.4, -0.2) is 46.9 Å². The minimum atomic E-state index is -4.45. The highest BCUT2D eigenvalue weighted by Crippen LogP contribution is 2.31. The quantitative estimate of drug-likeness (QED) is 0.788. The molecule has 7 nitrogen and oxygen atoms in total. The van der Waals surface area contributed by atoms with Crippen LogP contribution in [0.1, 0.15) is 36.7 Å². The predicted molar refractivity (Wildman–Crippen MR) is 99.5 cm³/mol. The summed E-state index contributed by atoms with van der Waals surface area (Å²) in [4.78, 5) is 24.9. The summed E-state index contributed by atoms with van der Waals surface area (Å²) >= 11 is 0. The van der Waals surface area contributed by atoms with Gasteiger partial charge in [0, 0.05) is 18.3 Å². The number of nitrogens with one attached hydrogen (secondary N) is 1. The van der Waals surface area contributed by atoms with Gasteiger partial charge in [-0.2, -0.15) is 18.3 Å². The summed E-state index contributed by atoms with van der Waals surface area (Å²) in [5, 5.41) is 6.91. The number of aromatic nitrogens is 2. The minimum absolute atomic E-state index is 0.190. The Morgan fingerprint density at radius 1 is 1.34 bits per heavy atom. The van der Waals surface area contributed by atoms with Gasteiger partial charge in [-0.15, -0.1) is 0 Å². The summed E-state index contributed by atoms with van der Waals surface area (Å²) in [6, 6.07) is 4.39. The second-order valence-electron chi connectivity index (χ2n) is 6.49. The van der Waals surface area contributed by atoms with Gasteiger partial charge in [0.15, 0.2) is 0 Å². The van der Waals surface area contributed by atoms with Gasteiger partial charge in [0.1, 0.15) is 6.54 Å². The fourth-order valence-corrected chi connectivity index (χ4v) is 2.80. The zero-order valence-corrected chi connectivity index (χ0v) is 16.6. The number of likely N-dealkylation sites (N-methyl/N-ethyl adjacent to an activating group) is 1. The van der Waals surface area contributed by atoms with Crippen LogP contribution >= 0.6 is 0 Å². The minimum Gasteiger partial charge on any atom is -0.450 e. The molecule has 1 heterocycles. The summed E-state index contributed by atoms with van der Waals surface area (Å²) in [5.74, 6) is -0.403. The van der Waals surface area contributed by atoms with Crippen molar-refractivity contribution in [3.8, 4) is 5.69 Å². The molecule has 0 aliphatic heterocycles. The number of alkyl halides is 3. The monoisotopic (exact) mass is 412 g/mol. The normalized spacial score (nSPS) is 12.4. The first-order chi connectivity index (χ1) is 13.5. The predicted octanol–water partition coefficient (Wildman–Crippen LogP) is 3.47. The van der Waals surface area contributed by atoms with Gasteiger partial charge >= 0.3 is 12.3 Å².